The van der Waals surface area contributed by atoms with E-state index in [1.807, 2.05) is 54.8 Å². The predicted octanol–water partition coefficient (Wildman–Crippen LogP) is 4.92. The maximum Gasteiger partial charge on any atom is 0.259 e. The average Bonchev–Trinajstić information content (AvgIpc) is 3.05. The summed E-state index contributed by atoms with van der Waals surface area (Å²) in [5.74, 6) is 0. The van der Waals surface area contributed by atoms with E-state index in [0.717, 1.165) is 34.5 Å². The lowest BCUT2D eigenvalue weighted by atomic mass is 10.1. The topological polar surface area (TPSA) is 37.6 Å². The summed E-state index contributed by atoms with van der Waals surface area (Å²) in [5, 5.41) is 2.69. The molecule has 2 heterocycles. The smallest absolute Gasteiger partial charge is 0.259 e. The molecule has 0 atom stereocenters. The number of rotatable bonds is 6. The third-order valence-electron chi connectivity index (χ3n) is 4.58. The van der Waals surface area contributed by atoms with Crippen LogP contribution in [-0.4, -0.2) is 14.3 Å². The zero-order chi connectivity index (χ0) is 19.5. The summed E-state index contributed by atoms with van der Waals surface area (Å²) in [7, 11) is 0. The second kappa shape index (κ2) is 8.27. The molecule has 0 saturated heterocycles. The van der Waals surface area contributed by atoms with Crippen molar-refractivity contribution in [2.24, 2.45) is 0 Å². The number of halogens is 1. The van der Waals surface area contributed by atoms with Crippen molar-refractivity contribution in [2.75, 3.05) is 0 Å². The van der Waals surface area contributed by atoms with Crippen molar-refractivity contribution in [3.8, 4) is 0 Å². The van der Waals surface area contributed by atoms with Crippen LogP contribution in [0.15, 0.2) is 70.8 Å². The zero-order valence-corrected chi connectivity index (χ0v) is 17.1. The highest BCUT2D eigenvalue weighted by molar-refractivity contribution is 7.15. The van der Waals surface area contributed by atoms with E-state index in [9.17, 15) is 4.79 Å². The van der Waals surface area contributed by atoms with E-state index >= 15 is 0 Å². The third-order valence-corrected chi connectivity index (χ3v) is 5.78. The van der Waals surface area contributed by atoms with Gasteiger partial charge in [-0.1, -0.05) is 54.1 Å². The molecule has 0 aliphatic heterocycles. The van der Waals surface area contributed by atoms with Gasteiger partial charge in [-0.15, -0.1) is 11.3 Å². The molecule has 0 spiro atoms. The molecule has 0 N–H and O–H groups in total. The Morgan fingerprint density at radius 2 is 1.68 bits per heavy atom. The number of hydrogen-bond donors (Lipinski definition) is 0. The van der Waals surface area contributed by atoms with Crippen molar-refractivity contribution in [2.45, 2.75) is 26.6 Å². The molecule has 2 aromatic carbocycles. The molecule has 0 radical (unpaired) electrons. The van der Waals surface area contributed by atoms with E-state index in [0.29, 0.717) is 6.54 Å². The van der Waals surface area contributed by atoms with Gasteiger partial charge in [0, 0.05) is 41.8 Å². The molecule has 0 aliphatic rings. The highest BCUT2D eigenvalue weighted by Gasteiger charge is 2.12. The maximum absolute atomic E-state index is 12.5. The summed E-state index contributed by atoms with van der Waals surface area (Å²) >= 11 is 7.52. The number of benzene rings is 2. The van der Waals surface area contributed by atoms with E-state index < -0.39 is 0 Å². The molecular formula is C22H20ClN3OS. The minimum atomic E-state index is -0.0232. The summed E-state index contributed by atoms with van der Waals surface area (Å²) in [6.45, 7) is 4.04. The lowest BCUT2D eigenvalue weighted by Gasteiger charge is -2.22. The first-order valence-corrected chi connectivity index (χ1v) is 10.3. The van der Waals surface area contributed by atoms with Crippen LogP contribution in [0.3, 0.4) is 0 Å². The molecule has 2 aromatic heterocycles. The quantitative estimate of drug-likeness (QED) is 0.453. The summed E-state index contributed by atoms with van der Waals surface area (Å²) in [4.78, 5) is 20.3. The van der Waals surface area contributed by atoms with Crippen LogP contribution in [-0.2, 0) is 19.6 Å². The fourth-order valence-corrected chi connectivity index (χ4v) is 4.29. The van der Waals surface area contributed by atoms with Gasteiger partial charge in [-0.3, -0.25) is 14.1 Å². The third kappa shape index (κ3) is 4.33. The van der Waals surface area contributed by atoms with Crippen LogP contribution in [0, 0.1) is 6.92 Å². The average molecular weight is 410 g/mol. The van der Waals surface area contributed by atoms with Crippen molar-refractivity contribution < 1.29 is 0 Å². The Kier molecular flexibility index (Phi) is 5.57. The normalized spacial score (nSPS) is 11.4. The Morgan fingerprint density at radius 1 is 1.00 bits per heavy atom. The van der Waals surface area contributed by atoms with Gasteiger partial charge in [0.25, 0.3) is 5.56 Å². The van der Waals surface area contributed by atoms with Crippen molar-refractivity contribution in [3.63, 3.8) is 0 Å². The van der Waals surface area contributed by atoms with Gasteiger partial charge in [-0.2, -0.15) is 0 Å². The van der Waals surface area contributed by atoms with Gasteiger partial charge in [0.2, 0.25) is 0 Å². The molecule has 4 nitrogen and oxygen atoms in total. The van der Waals surface area contributed by atoms with Crippen molar-refractivity contribution in [1.29, 1.82) is 0 Å². The Labute approximate surface area is 172 Å². The first kappa shape index (κ1) is 18.9. The number of aromatic nitrogens is 2. The number of thiazole rings is 1. The summed E-state index contributed by atoms with van der Waals surface area (Å²) in [5.41, 5.74) is 4.08. The first-order chi connectivity index (χ1) is 13.6. The summed E-state index contributed by atoms with van der Waals surface area (Å²) in [6.07, 6.45) is 0. The van der Waals surface area contributed by atoms with E-state index in [4.69, 9.17) is 16.6 Å². The predicted molar refractivity (Wildman–Crippen MR) is 115 cm³/mol. The standard InChI is InChI=1S/C22H20ClN3OS/c1-16-15-28-22-24-20(11-21(27)26(16)22)14-25(12-17-5-3-2-4-6-17)13-18-7-9-19(23)10-8-18/h2-11,15H,12-14H2,1H3. The molecule has 0 amide bonds. The van der Waals surface area contributed by atoms with Gasteiger partial charge in [0.1, 0.15) is 0 Å². The monoisotopic (exact) mass is 409 g/mol. The van der Waals surface area contributed by atoms with E-state index in [-0.39, 0.29) is 5.56 Å². The zero-order valence-electron chi connectivity index (χ0n) is 15.5. The molecule has 142 valence electrons. The Hall–Kier alpha value is -2.47. The second-order valence-electron chi connectivity index (χ2n) is 6.84. The van der Waals surface area contributed by atoms with Crippen LogP contribution in [0.25, 0.3) is 4.96 Å². The molecule has 6 heteroatoms. The van der Waals surface area contributed by atoms with Crippen LogP contribution in [0.1, 0.15) is 22.5 Å². The largest absolute Gasteiger partial charge is 0.289 e. The molecule has 28 heavy (non-hydrogen) atoms. The van der Waals surface area contributed by atoms with Crippen molar-refractivity contribution in [3.05, 3.63) is 104 Å². The van der Waals surface area contributed by atoms with Crippen LogP contribution in [0.4, 0.5) is 0 Å². The fraction of sp³-hybridized carbons (Fsp3) is 0.182. The van der Waals surface area contributed by atoms with E-state index in [1.165, 1.54) is 22.5 Å². The first-order valence-electron chi connectivity index (χ1n) is 9.06. The van der Waals surface area contributed by atoms with E-state index in [2.05, 4.69) is 17.0 Å². The van der Waals surface area contributed by atoms with Gasteiger partial charge >= 0.3 is 0 Å². The molecule has 0 aliphatic carbocycles. The lowest BCUT2D eigenvalue weighted by Crippen LogP contribution is -2.25. The number of aryl methyl sites for hydroxylation is 1. The SMILES string of the molecule is Cc1csc2nc(CN(Cc3ccccc3)Cc3ccc(Cl)cc3)cc(=O)n12. The minimum absolute atomic E-state index is 0.0232. The number of fused-ring (bicyclic) bond motifs is 1. The van der Waals surface area contributed by atoms with Crippen molar-refractivity contribution >= 4 is 27.9 Å². The Morgan fingerprint density at radius 3 is 2.39 bits per heavy atom. The van der Waals surface area contributed by atoms with Crippen LogP contribution < -0.4 is 5.56 Å². The molecular weight excluding hydrogens is 390 g/mol. The van der Waals surface area contributed by atoms with E-state index in [1.54, 1.807) is 10.5 Å². The Bertz CT molecular complexity index is 1140. The molecule has 0 fully saturated rings. The van der Waals surface area contributed by atoms with Gasteiger partial charge in [-0.25, -0.2) is 4.98 Å². The van der Waals surface area contributed by atoms with Gasteiger partial charge < -0.3 is 0 Å². The fourth-order valence-electron chi connectivity index (χ4n) is 3.27. The molecule has 0 unspecified atom stereocenters. The van der Waals surface area contributed by atoms with Crippen LogP contribution >= 0.6 is 22.9 Å². The minimum Gasteiger partial charge on any atom is -0.289 e. The number of hydrogen-bond acceptors (Lipinski definition) is 4. The van der Waals surface area contributed by atoms with Crippen molar-refractivity contribution in [1.82, 2.24) is 14.3 Å². The summed E-state index contributed by atoms with van der Waals surface area (Å²) in [6, 6.07) is 19.9. The molecule has 0 saturated carbocycles. The lowest BCUT2D eigenvalue weighted by molar-refractivity contribution is 0.244. The molecule has 4 rings (SSSR count). The summed E-state index contributed by atoms with van der Waals surface area (Å²) < 4.78 is 1.66. The van der Waals surface area contributed by atoms with Gasteiger partial charge in [-0.05, 0) is 30.2 Å². The molecule has 0 bridgehead atoms. The van der Waals surface area contributed by atoms with Crippen LogP contribution in [0.5, 0.6) is 0 Å². The Balaban J connectivity index is 1.62. The van der Waals surface area contributed by atoms with Crippen LogP contribution in [0.2, 0.25) is 5.02 Å². The van der Waals surface area contributed by atoms with Gasteiger partial charge in [0.15, 0.2) is 4.96 Å². The highest BCUT2D eigenvalue weighted by atomic mass is 35.5. The second-order valence-corrected chi connectivity index (χ2v) is 8.11. The highest BCUT2D eigenvalue weighted by Crippen LogP contribution is 2.17. The molecule has 4 aromatic rings. The maximum atomic E-state index is 12.5. The van der Waals surface area contributed by atoms with Gasteiger partial charge in [0.05, 0.1) is 5.69 Å². The number of nitrogens with zero attached hydrogens (tertiary/aromatic N) is 3.